The molecule has 8 heteroatoms. The van der Waals surface area contributed by atoms with Gasteiger partial charge < -0.3 is 5.11 Å². The van der Waals surface area contributed by atoms with E-state index in [-0.39, 0.29) is 22.4 Å². The molecule has 0 saturated carbocycles. The second kappa shape index (κ2) is 7.61. The lowest BCUT2D eigenvalue weighted by molar-refractivity contribution is 0.282. The summed E-state index contributed by atoms with van der Waals surface area (Å²) in [5.41, 5.74) is 0.0156. The van der Waals surface area contributed by atoms with Crippen LogP contribution >= 0.6 is 23.4 Å². The topological polar surface area (TPSA) is 66.4 Å². The van der Waals surface area contributed by atoms with Crippen LogP contribution in [0.3, 0.4) is 0 Å². The summed E-state index contributed by atoms with van der Waals surface area (Å²) in [5.74, 6) is -1.10. The van der Waals surface area contributed by atoms with Gasteiger partial charge in [0.25, 0.3) is 0 Å². The van der Waals surface area contributed by atoms with Crippen LogP contribution in [0.2, 0.25) is 5.02 Å². The number of hydrogen-bond acceptors (Lipinski definition) is 4. The highest BCUT2D eigenvalue weighted by Gasteiger charge is 2.22. The number of halogens is 2. The Labute approximate surface area is 127 Å². The second-order valence-electron chi connectivity index (χ2n) is 4.36. The van der Waals surface area contributed by atoms with Crippen LogP contribution in [0.25, 0.3) is 0 Å². The Bertz CT molecular complexity index is 550. The SMILES string of the molecule is CSC(CO)C(C)NS(=O)(=O)Cc1cc(Cl)ccc1F. The zero-order valence-electron chi connectivity index (χ0n) is 11.1. The lowest BCUT2D eigenvalue weighted by Gasteiger charge is -2.21. The minimum absolute atomic E-state index is 0.0156. The van der Waals surface area contributed by atoms with E-state index < -0.39 is 27.6 Å². The largest absolute Gasteiger partial charge is 0.395 e. The smallest absolute Gasteiger partial charge is 0.216 e. The highest BCUT2D eigenvalue weighted by Crippen LogP contribution is 2.18. The maximum atomic E-state index is 13.5. The Morgan fingerprint density at radius 2 is 2.15 bits per heavy atom. The van der Waals surface area contributed by atoms with Gasteiger partial charge in [-0.05, 0) is 31.4 Å². The van der Waals surface area contributed by atoms with Gasteiger partial charge in [-0.1, -0.05) is 11.6 Å². The fourth-order valence-corrected chi connectivity index (χ4v) is 4.05. The van der Waals surface area contributed by atoms with Gasteiger partial charge in [0.15, 0.2) is 0 Å². The molecule has 0 saturated heterocycles. The van der Waals surface area contributed by atoms with Crippen LogP contribution in [-0.2, 0) is 15.8 Å². The van der Waals surface area contributed by atoms with E-state index in [1.165, 1.54) is 23.9 Å². The van der Waals surface area contributed by atoms with Gasteiger partial charge in [-0.15, -0.1) is 0 Å². The first-order valence-electron chi connectivity index (χ1n) is 5.86. The third-order valence-electron chi connectivity index (χ3n) is 2.76. The Morgan fingerprint density at radius 1 is 1.50 bits per heavy atom. The summed E-state index contributed by atoms with van der Waals surface area (Å²) in [7, 11) is -3.71. The van der Waals surface area contributed by atoms with Crippen molar-refractivity contribution in [3.63, 3.8) is 0 Å². The van der Waals surface area contributed by atoms with Crippen LogP contribution in [-0.4, -0.2) is 37.7 Å². The lowest BCUT2D eigenvalue weighted by atomic mass is 10.2. The van der Waals surface area contributed by atoms with E-state index in [4.69, 9.17) is 16.7 Å². The molecule has 0 amide bonds. The number of aliphatic hydroxyl groups is 1. The van der Waals surface area contributed by atoms with Crippen molar-refractivity contribution in [2.45, 2.75) is 24.0 Å². The van der Waals surface area contributed by atoms with Crippen molar-refractivity contribution in [3.8, 4) is 0 Å². The molecule has 2 N–H and O–H groups in total. The van der Waals surface area contributed by atoms with Crippen LogP contribution in [0.15, 0.2) is 18.2 Å². The van der Waals surface area contributed by atoms with Crippen molar-refractivity contribution in [2.75, 3.05) is 12.9 Å². The quantitative estimate of drug-likeness (QED) is 0.796. The number of hydrogen-bond donors (Lipinski definition) is 2. The summed E-state index contributed by atoms with van der Waals surface area (Å²) < 4.78 is 40.0. The predicted octanol–water partition coefficient (Wildman–Crippen LogP) is 2.01. The highest BCUT2D eigenvalue weighted by atomic mass is 35.5. The molecule has 0 aliphatic heterocycles. The molecule has 0 heterocycles. The molecule has 0 radical (unpaired) electrons. The number of aliphatic hydroxyl groups excluding tert-OH is 1. The van der Waals surface area contributed by atoms with Gasteiger partial charge in [0.05, 0.1) is 12.4 Å². The monoisotopic (exact) mass is 341 g/mol. The lowest BCUT2D eigenvalue weighted by Crippen LogP contribution is -2.41. The highest BCUT2D eigenvalue weighted by molar-refractivity contribution is 7.99. The number of sulfonamides is 1. The molecule has 0 aliphatic rings. The van der Waals surface area contributed by atoms with Gasteiger partial charge in [-0.3, -0.25) is 0 Å². The molecular weight excluding hydrogens is 325 g/mol. The van der Waals surface area contributed by atoms with Gasteiger partial charge in [-0.25, -0.2) is 17.5 Å². The fraction of sp³-hybridized carbons (Fsp3) is 0.500. The maximum Gasteiger partial charge on any atom is 0.216 e. The van der Waals surface area contributed by atoms with E-state index in [2.05, 4.69) is 4.72 Å². The van der Waals surface area contributed by atoms with Gasteiger partial charge in [0.2, 0.25) is 10.0 Å². The van der Waals surface area contributed by atoms with Crippen LogP contribution in [0.5, 0.6) is 0 Å². The molecular formula is C12H17ClFNO3S2. The normalized spacial score (nSPS) is 15.1. The molecule has 1 aromatic rings. The van der Waals surface area contributed by atoms with Crippen molar-refractivity contribution in [1.29, 1.82) is 0 Å². The standard InChI is InChI=1S/C12H17ClFNO3S2/c1-8(12(6-16)19-2)15-20(17,18)7-9-5-10(13)3-4-11(9)14/h3-5,8,12,15-16H,6-7H2,1-2H3. The Hall–Kier alpha value is -0.340. The minimum Gasteiger partial charge on any atom is -0.395 e. The summed E-state index contributed by atoms with van der Waals surface area (Å²) in [6.07, 6.45) is 1.78. The van der Waals surface area contributed by atoms with E-state index >= 15 is 0 Å². The van der Waals surface area contributed by atoms with Gasteiger partial charge in [0, 0.05) is 21.9 Å². The van der Waals surface area contributed by atoms with Crippen molar-refractivity contribution in [1.82, 2.24) is 4.72 Å². The van der Waals surface area contributed by atoms with E-state index in [1.54, 1.807) is 13.2 Å². The van der Waals surface area contributed by atoms with E-state index in [1.807, 2.05) is 0 Å². The Balaban J connectivity index is 2.82. The maximum absolute atomic E-state index is 13.5. The van der Waals surface area contributed by atoms with Crippen LogP contribution in [0.1, 0.15) is 12.5 Å². The average molecular weight is 342 g/mol. The van der Waals surface area contributed by atoms with Crippen molar-refractivity contribution < 1.29 is 17.9 Å². The van der Waals surface area contributed by atoms with Crippen LogP contribution in [0, 0.1) is 5.82 Å². The minimum atomic E-state index is -3.71. The van der Waals surface area contributed by atoms with Gasteiger partial charge in [-0.2, -0.15) is 11.8 Å². The molecule has 0 aromatic heterocycles. The number of rotatable bonds is 7. The zero-order valence-corrected chi connectivity index (χ0v) is 13.5. The fourth-order valence-electron chi connectivity index (χ4n) is 1.70. The van der Waals surface area contributed by atoms with Crippen molar-refractivity contribution in [3.05, 3.63) is 34.6 Å². The molecule has 0 fully saturated rings. The Kier molecular flexibility index (Phi) is 6.74. The predicted molar refractivity (Wildman–Crippen MR) is 81.0 cm³/mol. The van der Waals surface area contributed by atoms with Crippen molar-refractivity contribution in [2.24, 2.45) is 0 Å². The zero-order chi connectivity index (χ0) is 15.3. The van der Waals surface area contributed by atoms with E-state index in [9.17, 15) is 12.8 Å². The first kappa shape index (κ1) is 17.7. The van der Waals surface area contributed by atoms with Gasteiger partial charge >= 0.3 is 0 Å². The number of thioether (sulfide) groups is 1. The molecule has 1 rings (SSSR count). The molecule has 0 aliphatic carbocycles. The number of nitrogens with one attached hydrogen (secondary N) is 1. The van der Waals surface area contributed by atoms with Crippen LogP contribution in [0.4, 0.5) is 4.39 Å². The molecule has 2 unspecified atom stereocenters. The summed E-state index contributed by atoms with van der Waals surface area (Å²) in [6, 6.07) is 3.33. The van der Waals surface area contributed by atoms with Crippen molar-refractivity contribution >= 4 is 33.4 Å². The summed E-state index contributed by atoms with van der Waals surface area (Å²) >= 11 is 7.09. The molecule has 2 atom stereocenters. The molecule has 0 spiro atoms. The third-order valence-corrected chi connectivity index (χ3v) is 5.58. The van der Waals surface area contributed by atoms with E-state index in [0.29, 0.717) is 0 Å². The summed E-state index contributed by atoms with van der Waals surface area (Å²) in [5, 5.41) is 9.15. The van der Waals surface area contributed by atoms with Crippen LogP contribution < -0.4 is 4.72 Å². The molecule has 20 heavy (non-hydrogen) atoms. The average Bonchev–Trinajstić information content (AvgIpc) is 2.34. The third kappa shape index (κ3) is 5.21. The first-order chi connectivity index (χ1) is 9.29. The number of benzene rings is 1. The summed E-state index contributed by atoms with van der Waals surface area (Å²) in [4.78, 5) is 0. The Morgan fingerprint density at radius 3 is 2.70 bits per heavy atom. The molecule has 0 bridgehead atoms. The van der Waals surface area contributed by atoms with E-state index in [0.717, 1.165) is 6.07 Å². The molecule has 1 aromatic carbocycles. The van der Waals surface area contributed by atoms with Gasteiger partial charge in [0.1, 0.15) is 5.82 Å². The second-order valence-corrected chi connectivity index (χ2v) is 7.63. The summed E-state index contributed by atoms with van der Waals surface area (Å²) in [6.45, 7) is 1.51. The first-order valence-corrected chi connectivity index (χ1v) is 9.18. The molecule has 114 valence electrons. The molecule has 4 nitrogen and oxygen atoms in total.